The number of hydrogen-bond donors (Lipinski definition) is 1. The minimum absolute atomic E-state index is 0.0794. The van der Waals surface area contributed by atoms with Crippen LogP contribution in [0, 0.1) is 0 Å². The summed E-state index contributed by atoms with van der Waals surface area (Å²) in [6, 6.07) is 7.71. The Balaban J connectivity index is 2.05. The number of benzene rings is 1. The van der Waals surface area contributed by atoms with Gasteiger partial charge in [0.1, 0.15) is 0 Å². The molecular formula is C13H16ClN3O. The highest BCUT2D eigenvalue weighted by Crippen LogP contribution is 2.18. The van der Waals surface area contributed by atoms with Crippen LogP contribution in [0.3, 0.4) is 0 Å². The highest BCUT2D eigenvalue weighted by molar-refractivity contribution is 6.31. The fourth-order valence-electron chi connectivity index (χ4n) is 1.63. The van der Waals surface area contributed by atoms with E-state index in [1.807, 2.05) is 31.2 Å². The lowest BCUT2D eigenvalue weighted by atomic mass is 10.1. The third-order valence-electron chi connectivity index (χ3n) is 2.78. The van der Waals surface area contributed by atoms with Crippen LogP contribution in [0.25, 0.3) is 0 Å². The molecule has 0 fully saturated rings. The molecule has 0 aliphatic rings. The Hall–Kier alpha value is -1.39. The Morgan fingerprint density at radius 1 is 1.39 bits per heavy atom. The second-order valence-corrected chi connectivity index (χ2v) is 4.65. The van der Waals surface area contributed by atoms with Crippen LogP contribution in [0.15, 0.2) is 28.8 Å². The van der Waals surface area contributed by atoms with Gasteiger partial charge in [-0.2, -0.15) is 4.98 Å². The lowest BCUT2D eigenvalue weighted by Crippen LogP contribution is -2.22. The van der Waals surface area contributed by atoms with Gasteiger partial charge in [0.15, 0.2) is 5.82 Å². The first-order valence-electron chi connectivity index (χ1n) is 5.99. The van der Waals surface area contributed by atoms with Crippen LogP contribution in [0.2, 0.25) is 5.02 Å². The number of rotatable bonds is 5. The molecule has 1 unspecified atom stereocenters. The number of nitrogens with two attached hydrogens (primary N) is 1. The van der Waals surface area contributed by atoms with Crippen molar-refractivity contribution in [3.63, 3.8) is 0 Å². The maximum absolute atomic E-state index is 6.08. The summed E-state index contributed by atoms with van der Waals surface area (Å²) in [5.74, 6) is 1.23. The molecule has 2 N–H and O–H groups in total. The minimum Gasteiger partial charge on any atom is -0.339 e. The molecule has 0 amide bonds. The molecule has 0 radical (unpaired) electrons. The average Bonchev–Trinajstić information content (AvgIpc) is 2.79. The predicted molar refractivity (Wildman–Crippen MR) is 70.5 cm³/mol. The van der Waals surface area contributed by atoms with Crippen molar-refractivity contribution in [2.24, 2.45) is 5.73 Å². The van der Waals surface area contributed by atoms with Crippen molar-refractivity contribution in [1.29, 1.82) is 0 Å². The largest absolute Gasteiger partial charge is 0.339 e. The molecule has 4 nitrogen and oxygen atoms in total. The van der Waals surface area contributed by atoms with E-state index in [9.17, 15) is 0 Å². The van der Waals surface area contributed by atoms with Crippen LogP contribution in [-0.2, 0) is 12.8 Å². The Labute approximate surface area is 111 Å². The zero-order valence-electron chi connectivity index (χ0n) is 10.3. The van der Waals surface area contributed by atoms with Crippen LogP contribution in [-0.4, -0.2) is 16.2 Å². The molecule has 1 aromatic heterocycles. The van der Waals surface area contributed by atoms with Crippen LogP contribution in [0.1, 0.15) is 30.6 Å². The van der Waals surface area contributed by atoms with Crippen LogP contribution >= 0.6 is 11.6 Å². The SMILES string of the molecule is CCC(N)Cc1noc(Cc2ccccc2Cl)n1. The minimum atomic E-state index is 0.0794. The molecule has 0 saturated carbocycles. The van der Waals surface area contributed by atoms with Crippen LogP contribution in [0.5, 0.6) is 0 Å². The number of halogens is 1. The van der Waals surface area contributed by atoms with E-state index in [-0.39, 0.29) is 6.04 Å². The van der Waals surface area contributed by atoms with Gasteiger partial charge in [0, 0.05) is 17.5 Å². The van der Waals surface area contributed by atoms with E-state index in [0.717, 1.165) is 12.0 Å². The normalized spacial score (nSPS) is 12.6. The van der Waals surface area contributed by atoms with Gasteiger partial charge in [0.2, 0.25) is 5.89 Å². The Kier molecular flexibility index (Phi) is 4.33. The molecule has 0 bridgehead atoms. The highest BCUT2D eigenvalue weighted by atomic mass is 35.5. The fourth-order valence-corrected chi connectivity index (χ4v) is 1.83. The highest BCUT2D eigenvalue weighted by Gasteiger charge is 2.11. The van der Waals surface area contributed by atoms with Crippen molar-refractivity contribution in [2.45, 2.75) is 32.2 Å². The Morgan fingerprint density at radius 2 is 2.17 bits per heavy atom. The van der Waals surface area contributed by atoms with Crippen molar-refractivity contribution >= 4 is 11.6 Å². The van der Waals surface area contributed by atoms with Crippen molar-refractivity contribution in [1.82, 2.24) is 10.1 Å². The zero-order chi connectivity index (χ0) is 13.0. The summed E-state index contributed by atoms with van der Waals surface area (Å²) in [4.78, 5) is 4.32. The standard InChI is InChI=1S/C13H16ClN3O/c1-2-10(15)8-12-16-13(18-17-12)7-9-5-3-4-6-11(9)14/h3-6,10H,2,7-8,15H2,1H3. The van der Waals surface area contributed by atoms with Crippen LogP contribution < -0.4 is 5.73 Å². The molecule has 1 atom stereocenters. The zero-order valence-corrected chi connectivity index (χ0v) is 11.0. The van der Waals surface area contributed by atoms with Gasteiger partial charge in [-0.05, 0) is 18.1 Å². The van der Waals surface area contributed by atoms with Gasteiger partial charge in [0.25, 0.3) is 0 Å². The maximum atomic E-state index is 6.08. The van der Waals surface area contributed by atoms with Gasteiger partial charge in [-0.25, -0.2) is 0 Å². The van der Waals surface area contributed by atoms with E-state index in [4.69, 9.17) is 21.9 Å². The fraction of sp³-hybridized carbons (Fsp3) is 0.385. The quantitative estimate of drug-likeness (QED) is 0.902. The summed E-state index contributed by atoms with van der Waals surface area (Å²) in [6.45, 7) is 2.04. The molecule has 0 saturated heterocycles. The van der Waals surface area contributed by atoms with Gasteiger partial charge >= 0.3 is 0 Å². The van der Waals surface area contributed by atoms with Crippen molar-refractivity contribution in [3.05, 3.63) is 46.6 Å². The lowest BCUT2D eigenvalue weighted by Gasteiger charge is -2.02. The first-order chi connectivity index (χ1) is 8.69. The van der Waals surface area contributed by atoms with E-state index in [1.165, 1.54) is 0 Å². The van der Waals surface area contributed by atoms with Gasteiger partial charge in [0.05, 0.1) is 6.42 Å². The molecular weight excluding hydrogens is 250 g/mol. The summed E-state index contributed by atoms with van der Waals surface area (Å²) in [5.41, 5.74) is 6.83. The van der Waals surface area contributed by atoms with Gasteiger partial charge in [-0.3, -0.25) is 0 Å². The predicted octanol–water partition coefficient (Wildman–Crippen LogP) is 2.59. The lowest BCUT2D eigenvalue weighted by molar-refractivity contribution is 0.377. The van der Waals surface area contributed by atoms with Crippen molar-refractivity contribution in [2.75, 3.05) is 0 Å². The second-order valence-electron chi connectivity index (χ2n) is 4.24. The molecule has 2 aromatic rings. The van der Waals surface area contributed by atoms with Gasteiger partial charge in [-0.15, -0.1) is 0 Å². The molecule has 0 aliphatic heterocycles. The molecule has 2 rings (SSSR count). The van der Waals surface area contributed by atoms with E-state index in [1.54, 1.807) is 0 Å². The second kappa shape index (κ2) is 5.98. The average molecular weight is 266 g/mol. The molecule has 0 aliphatic carbocycles. The van der Waals surface area contributed by atoms with E-state index >= 15 is 0 Å². The summed E-state index contributed by atoms with van der Waals surface area (Å²) < 4.78 is 5.19. The first kappa shape index (κ1) is 13.1. The molecule has 1 aromatic carbocycles. The molecule has 1 heterocycles. The van der Waals surface area contributed by atoms with Crippen molar-refractivity contribution < 1.29 is 4.52 Å². The number of nitrogens with zero attached hydrogens (tertiary/aromatic N) is 2. The number of hydrogen-bond acceptors (Lipinski definition) is 4. The van der Waals surface area contributed by atoms with Gasteiger partial charge in [-0.1, -0.05) is 41.9 Å². The summed E-state index contributed by atoms with van der Waals surface area (Å²) in [5, 5.41) is 4.63. The van der Waals surface area contributed by atoms with E-state index < -0.39 is 0 Å². The molecule has 5 heteroatoms. The monoisotopic (exact) mass is 265 g/mol. The Bertz CT molecular complexity index is 512. The van der Waals surface area contributed by atoms with Gasteiger partial charge < -0.3 is 10.3 Å². The number of aromatic nitrogens is 2. The van der Waals surface area contributed by atoms with E-state index in [0.29, 0.717) is 29.6 Å². The van der Waals surface area contributed by atoms with E-state index in [2.05, 4.69) is 10.1 Å². The topological polar surface area (TPSA) is 64.9 Å². The summed E-state index contributed by atoms with van der Waals surface area (Å²) in [7, 11) is 0. The Morgan fingerprint density at radius 3 is 2.89 bits per heavy atom. The van der Waals surface area contributed by atoms with Crippen LogP contribution in [0.4, 0.5) is 0 Å². The summed E-state index contributed by atoms with van der Waals surface area (Å²) in [6.07, 6.45) is 2.09. The summed E-state index contributed by atoms with van der Waals surface area (Å²) >= 11 is 6.08. The maximum Gasteiger partial charge on any atom is 0.231 e. The molecule has 96 valence electrons. The molecule has 0 spiro atoms. The third-order valence-corrected chi connectivity index (χ3v) is 3.15. The third kappa shape index (κ3) is 3.31. The van der Waals surface area contributed by atoms with Crippen molar-refractivity contribution in [3.8, 4) is 0 Å². The smallest absolute Gasteiger partial charge is 0.231 e. The molecule has 18 heavy (non-hydrogen) atoms. The first-order valence-corrected chi connectivity index (χ1v) is 6.37.